The molecule has 4 aliphatic heterocycles. The highest BCUT2D eigenvalue weighted by Gasteiger charge is 2.44. The maximum absolute atomic E-state index is 15.9. The van der Waals surface area contributed by atoms with Crippen LogP contribution in [0.2, 0.25) is 0 Å². The Labute approximate surface area is 589 Å². The fourth-order valence-corrected chi connectivity index (χ4v) is 12.4. The molecule has 5 amide bonds. The van der Waals surface area contributed by atoms with Crippen molar-refractivity contribution in [2.24, 2.45) is 0 Å². The van der Waals surface area contributed by atoms with Gasteiger partial charge in [-0.1, -0.05) is 27.2 Å². The molecule has 1 unspecified atom stereocenters. The van der Waals surface area contributed by atoms with E-state index in [1.165, 1.54) is 0 Å². The number of alkyl halides is 6. The Kier molecular flexibility index (Phi) is 24.4. The average Bonchev–Trinajstić information content (AvgIpc) is 1.55. The van der Waals surface area contributed by atoms with E-state index in [0.717, 1.165) is 44.3 Å². The van der Waals surface area contributed by atoms with E-state index < -0.39 is 175 Å². The summed E-state index contributed by atoms with van der Waals surface area (Å²) in [5.41, 5.74) is -3.07. The van der Waals surface area contributed by atoms with Gasteiger partial charge in [-0.25, -0.2) is 9.97 Å². The third-order valence-electron chi connectivity index (χ3n) is 17.0. The van der Waals surface area contributed by atoms with E-state index in [2.05, 4.69) is 9.97 Å². The lowest BCUT2D eigenvalue weighted by molar-refractivity contribution is -0.164. The quantitative estimate of drug-likeness (QED) is 0.0294. The largest absolute Gasteiger partial charge is 0.459 e. The Morgan fingerprint density at radius 1 is 0.569 bits per heavy atom. The van der Waals surface area contributed by atoms with Gasteiger partial charge in [-0.2, -0.15) is 26.3 Å². The summed E-state index contributed by atoms with van der Waals surface area (Å²) < 4.78 is 116. The van der Waals surface area contributed by atoms with Crippen molar-refractivity contribution in [3.63, 3.8) is 0 Å². The van der Waals surface area contributed by atoms with Crippen LogP contribution in [0.3, 0.4) is 0 Å². The Morgan fingerprint density at radius 2 is 1.02 bits per heavy atom. The second kappa shape index (κ2) is 30.9. The molecule has 1 aromatic carbocycles. The highest BCUT2D eigenvalue weighted by molar-refractivity contribution is 6.23. The van der Waals surface area contributed by atoms with Crippen LogP contribution in [0, 0.1) is 6.92 Å². The number of H-pyrrole nitrogens is 2. The average molecular weight is 1430 g/mol. The number of nitrogens with one attached hydrogen (secondary N) is 2. The Morgan fingerprint density at radius 3 is 1.47 bits per heavy atom. The molecule has 102 heavy (non-hydrogen) atoms. The molecule has 8 bridgehead atoms. The number of rotatable bonds is 23. The normalized spacial score (nSPS) is 15.8. The highest BCUT2D eigenvalue weighted by Crippen LogP contribution is 2.46. The first-order valence-corrected chi connectivity index (χ1v) is 33.9. The first-order chi connectivity index (χ1) is 47.0. The number of hydrogen-bond donors (Lipinski definition) is 2. The van der Waals surface area contributed by atoms with Gasteiger partial charge in [0.25, 0.3) is 11.8 Å². The van der Waals surface area contributed by atoms with Crippen LogP contribution in [-0.4, -0.2) is 167 Å². The van der Waals surface area contributed by atoms with Crippen LogP contribution in [0.4, 0.5) is 26.3 Å². The van der Waals surface area contributed by atoms with Crippen molar-refractivity contribution in [3.05, 3.63) is 104 Å². The van der Waals surface area contributed by atoms with E-state index >= 15 is 14.4 Å². The number of ether oxygens (including phenoxy) is 5. The van der Waals surface area contributed by atoms with Crippen molar-refractivity contribution in [3.8, 4) is 0 Å². The van der Waals surface area contributed by atoms with Crippen molar-refractivity contribution < 1.29 is 93.2 Å². The maximum atomic E-state index is 15.9. The summed E-state index contributed by atoms with van der Waals surface area (Å²) >= 11 is 0. The molecule has 6 heterocycles. The van der Waals surface area contributed by atoms with Crippen molar-refractivity contribution in [1.82, 2.24) is 39.5 Å². The van der Waals surface area contributed by atoms with Gasteiger partial charge >= 0.3 is 36.2 Å². The number of unbranched alkanes of at least 4 members (excludes halogenated alkanes) is 1. The number of esters is 4. The minimum absolute atomic E-state index is 0.0250. The molecule has 556 valence electrons. The topological polar surface area (TPSA) is 270 Å². The molecule has 28 heteroatoms. The maximum Gasteiger partial charge on any atom is 0.416 e. The third-order valence-corrected chi connectivity index (χ3v) is 17.0. The molecule has 7 rings (SSSR count). The predicted molar refractivity (Wildman–Crippen MR) is 367 cm³/mol. The Bertz CT molecular complexity index is 3930. The molecule has 0 saturated heterocycles. The Hall–Kier alpha value is -8.95. The van der Waals surface area contributed by atoms with Gasteiger partial charge in [-0.05, 0) is 194 Å². The molecule has 0 aliphatic carbocycles. The van der Waals surface area contributed by atoms with Gasteiger partial charge in [0.05, 0.1) is 63.2 Å². The summed E-state index contributed by atoms with van der Waals surface area (Å²) in [4.78, 5) is 150. The molecular formula is C74H94F6N8O14. The van der Waals surface area contributed by atoms with Gasteiger partial charge in [0.1, 0.15) is 61.7 Å². The van der Waals surface area contributed by atoms with Crippen LogP contribution < -0.4 is 0 Å². The van der Waals surface area contributed by atoms with Gasteiger partial charge < -0.3 is 48.4 Å². The van der Waals surface area contributed by atoms with Gasteiger partial charge in [0, 0.05) is 47.3 Å². The number of allylic oxidation sites excluding steroid dienone is 3. The molecule has 22 nitrogen and oxygen atoms in total. The number of imide groups is 1. The minimum atomic E-state index is -5.30. The third kappa shape index (κ3) is 20.2. The standard InChI is InChI=1S/C74H94F6N8O14/c1-20-22-25-98-43(7)62-41(5)51-29-50-40(4)48(23-24-55(89)85(33-56(90)86(35-58(92)99-69(8,9)10)36-59(93)100-70(11,12)13)34-57(91)87(37-60(94)101-71(14,15)16)38-61(95)102-72(17,18)19)65(83-50)64-66-63(42(6)52(84-66)30-53-47(21-2)39(3)49(81-53)31-54(62)82-51)67(96)88(68(64)97)32-44-26-45(73(75,76)77)28-46(27-44)74(78,79)80/h26-31,40,43,48,83-84H,20-25,32-38H2,1-19H3/t40-,43?,48-/m0/s1. The zero-order chi connectivity index (χ0) is 76.4. The van der Waals surface area contributed by atoms with E-state index in [1.807, 2.05) is 40.7 Å². The molecule has 0 radical (unpaired) electrons. The molecule has 2 aromatic heterocycles. The number of nitrogens with zero attached hydrogens (tertiary/aromatic N) is 6. The van der Waals surface area contributed by atoms with Crippen LogP contribution in [0.25, 0.3) is 33.3 Å². The first kappa shape index (κ1) is 80.4. The van der Waals surface area contributed by atoms with E-state index in [4.69, 9.17) is 33.7 Å². The van der Waals surface area contributed by atoms with Crippen LogP contribution in [0.15, 0.2) is 36.4 Å². The lowest BCUT2D eigenvalue weighted by Gasteiger charge is -2.31. The molecular weight excluding hydrogens is 1340 g/mol. The number of aromatic nitrogens is 4. The molecule has 0 fully saturated rings. The number of halogens is 6. The van der Waals surface area contributed by atoms with E-state index in [0.29, 0.717) is 64.1 Å². The minimum Gasteiger partial charge on any atom is -0.459 e. The number of aromatic amines is 2. The zero-order valence-corrected chi connectivity index (χ0v) is 61.6. The lowest BCUT2D eigenvalue weighted by atomic mass is 9.84. The van der Waals surface area contributed by atoms with Gasteiger partial charge in [-0.15, -0.1) is 0 Å². The number of fused-ring (bicyclic) bond motifs is 8. The predicted octanol–water partition coefficient (Wildman–Crippen LogP) is 13.2. The highest BCUT2D eigenvalue weighted by atomic mass is 19.4. The summed E-state index contributed by atoms with van der Waals surface area (Å²) in [5, 5.41) is 0. The zero-order valence-electron chi connectivity index (χ0n) is 61.6. The summed E-state index contributed by atoms with van der Waals surface area (Å²) in [6.45, 7) is 25.6. The fourth-order valence-electron chi connectivity index (χ4n) is 12.4. The molecule has 4 aliphatic rings. The second-order valence-corrected chi connectivity index (χ2v) is 30.0. The van der Waals surface area contributed by atoms with Gasteiger partial charge in [-0.3, -0.25) is 48.1 Å². The van der Waals surface area contributed by atoms with Crippen LogP contribution in [0.5, 0.6) is 0 Å². The monoisotopic (exact) mass is 1430 g/mol. The van der Waals surface area contributed by atoms with Gasteiger partial charge in [0.15, 0.2) is 0 Å². The van der Waals surface area contributed by atoms with E-state index in [1.54, 1.807) is 109 Å². The number of aryl methyl sites for hydroxylation is 1. The fraction of sp³-hybridized carbons (Fsp3) is 0.554. The first-order valence-electron chi connectivity index (χ1n) is 33.9. The van der Waals surface area contributed by atoms with E-state index in [9.17, 15) is 55.1 Å². The van der Waals surface area contributed by atoms with Crippen molar-refractivity contribution >= 4 is 86.7 Å². The summed E-state index contributed by atoms with van der Waals surface area (Å²) in [5.74, 6) is -11.1. The van der Waals surface area contributed by atoms with Crippen LogP contribution in [-0.2, 0) is 76.1 Å². The summed E-state index contributed by atoms with van der Waals surface area (Å²) in [7, 11) is 0. The SMILES string of the molecule is CCCCOC(C)C1=C(C)c2cc3[nH]c(c4c5[nH]c(cc6nc(cc1n2)C(C)=C6CC)c(C)c5C(=O)N(Cc1cc(C(F)(F)F)cc(C(F)(F)F)c1)C4=O)[C@@H](CCC(=O)N(CC(=O)N(CC(=O)OC(C)(C)C)CC(=O)OC(C)(C)C)CC(=O)N(CC(=O)OC(C)(C)C)CC(=O)OC(C)(C)C)[C@@H]3C. The van der Waals surface area contributed by atoms with Crippen molar-refractivity contribution in [1.29, 1.82) is 0 Å². The molecule has 3 atom stereocenters. The molecule has 3 aromatic rings. The summed E-state index contributed by atoms with van der Waals surface area (Å²) in [6, 6.07) is 6.05. The molecule has 2 N–H and O–H groups in total. The number of benzene rings is 1. The van der Waals surface area contributed by atoms with Crippen LogP contribution in [0.1, 0.15) is 246 Å². The molecule has 0 spiro atoms. The number of carbonyl (C=O) groups excluding carboxylic acids is 9. The smallest absolute Gasteiger partial charge is 0.416 e. The van der Waals surface area contributed by atoms with E-state index in [-0.39, 0.29) is 45.9 Å². The number of amides is 5. The van der Waals surface area contributed by atoms with Crippen LogP contribution >= 0.6 is 0 Å². The second-order valence-electron chi connectivity index (χ2n) is 30.0. The van der Waals surface area contributed by atoms with Gasteiger partial charge in [0.2, 0.25) is 17.7 Å². The molecule has 0 saturated carbocycles. The Balaban J connectivity index is 1.48. The van der Waals surface area contributed by atoms with Crippen molar-refractivity contribution in [2.45, 2.75) is 223 Å². The lowest BCUT2D eigenvalue weighted by Crippen LogP contribution is -2.51. The summed E-state index contributed by atoms with van der Waals surface area (Å²) in [6.07, 6.45) is -9.95. The van der Waals surface area contributed by atoms with Crippen molar-refractivity contribution in [2.75, 3.05) is 45.9 Å². The number of hydrogen-bond acceptors (Lipinski definition) is 16. The number of carbonyl (C=O) groups is 9.